The van der Waals surface area contributed by atoms with Crippen LogP contribution in [0.4, 0.5) is 19.7 Å². The van der Waals surface area contributed by atoms with E-state index in [1.54, 1.807) is 41.5 Å². The molecule has 0 aliphatic heterocycles. The largest absolute Gasteiger partial charge is 0.494 e. The fraction of sp³-hybridized carbons (Fsp3) is 0.529. The molecule has 2 amide bonds. The van der Waals surface area contributed by atoms with Gasteiger partial charge in [-0.3, -0.25) is 0 Å². The molecule has 7 nitrogen and oxygen atoms in total. The van der Waals surface area contributed by atoms with Gasteiger partial charge in [0.15, 0.2) is 5.82 Å². The highest BCUT2D eigenvalue weighted by atomic mass is 79.9. The predicted molar refractivity (Wildman–Crippen MR) is 98.7 cm³/mol. The van der Waals surface area contributed by atoms with Crippen LogP contribution >= 0.6 is 15.9 Å². The summed E-state index contributed by atoms with van der Waals surface area (Å²) in [6, 6.07) is 2.86. The molecule has 0 radical (unpaired) electrons. The van der Waals surface area contributed by atoms with E-state index in [1.807, 2.05) is 0 Å². The Morgan fingerprint density at radius 1 is 1.08 bits per heavy atom. The minimum absolute atomic E-state index is 0.0209. The molecule has 0 atom stereocenters. The van der Waals surface area contributed by atoms with Gasteiger partial charge in [0.1, 0.15) is 22.6 Å². The fourth-order valence-electron chi connectivity index (χ4n) is 1.79. The maximum absolute atomic E-state index is 14.7. The van der Waals surface area contributed by atoms with Gasteiger partial charge < -0.3 is 14.2 Å². The Balaban J connectivity index is 3.35. The lowest BCUT2D eigenvalue weighted by Gasteiger charge is -2.29. The van der Waals surface area contributed by atoms with Crippen LogP contribution in [0.15, 0.2) is 16.6 Å². The number of carbonyl (C=O) groups excluding carboxylic acids is 2. The number of anilines is 1. The molecule has 0 spiro atoms. The van der Waals surface area contributed by atoms with E-state index in [0.717, 1.165) is 0 Å². The van der Waals surface area contributed by atoms with Gasteiger partial charge in [-0.1, -0.05) is 0 Å². The smallest absolute Gasteiger partial charge is 0.434 e. The molecule has 1 N–H and O–H groups in total. The number of nitrogens with zero attached hydrogens (tertiary/aromatic N) is 1. The summed E-state index contributed by atoms with van der Waals surface area (Å²) in [7, 11) is 1.31. The summed E-state index contributed by atoms with van der Waals surface area (Å²) in [6.07, 6.45) is -1.96. The number of hydrogen-bond acceptors (Lipinski definition) is 5. The molecule has 26 heavy (non-hydrogen) atoms. The van der Waals surface area contributed by atoms with Crippen molar-refractivity contribution in [2.75, 3.05) is 12.1 Å². The highest BCUT2D eigenvalue weighted by Crippen LogP contribution is 2.35. The van der Waals surface area contributed by atoms with E-state index in [2.05, 4.69) is 21.4 Å². The zero-order chi connectivity index (χ0) is 20.3. The molecule has 0 heterocycles. The van der Waals surface area contributed by atoms with Crippen molar-refractivity contribution in [3.63, 3.8) is 0 Å². The third kappa shape index (κ3) is 6.36. The number of benzene rings is 1. The van der Waals surface area contributed by atoms with Crippen molar-refractivity contribution in [1.82, 2.24) is 5.43 Å². The Hall–Kier alpha value is -2.03. The van der Waals surface area contributed by atoms with Gasteiger partial charge in [-0.05, 0) is 69.6 Å². The highest BCUT2D eigenvalue weighted by molar-refractivity contribution is 9.10. The lowest BCUT2D eigenvalue weighted by Crippen LogP contribution is -2.50. The average molecular weight is 435 g/mol. The van der Waals surface area contributed by atoms with E-state index in [1.165, 1.54) is 19.2 Å². The number of ether oxygens (including phenoxy) is 3. The van der Waals surface area contributed by atoms with E-state index in [0.29, 0.717) is 5.01 Å². The summed E-state index contributed by atoms with van der Waals surface area (Å²) in [6.45, 7) is 9.90. The molecule has 0 saturated heterocycles. The molecule has 0 aliphatic carbocycles. The van der Waals surface area contributed by atoms with E-state index in [4.69, 9.17) is 14.2 Å². The highest BCUT2D eigenvalue weighted by Gasteiger charge is 2.32. The summed E-state index contributed by atoms with van der Waals surface area (Å²) in [5, 5.41) is 0.623. The first-order valence-electron chi connectivity index (χ1n) is 7.80. The van der Waals surface area contributed by atoms with Crippen molar-refractivity contribution in [2.45, 2.75) is 52.7 Å². The van der Waals surface area contributed by atoms with E-state index >= 15 is 0 Å². The van der Waals surface area contributed by atoms with Gasteiger partial charge >= 0.3 is 12.2 Å². The predicted octanol–water partition coefficient (Wildman–Crippen LogP) is 4.78. The second-order valence-corrected chi connectivity index (χ2v) is 8.20. The topological polar surface area (TPSA) is 77.1 Å². The zero-order valence-corrected chi connectivity index (χ0v) is 17.5. The van der Waals surface area contributed by atoms with Gasteiger partial charge in [0.2, 0.25) is 0 Å². The van der Waals surface area contributed by atoms with Crippen molar-refractivity contribution < 1.29 is 28.2 Å². The van der Waals surface area contributed by atoms with Crippen molar-refractivity contribution in [3.8, 4) is 5.75 Å². The number of halogens is 2. The van der Waals surface area contributed by atoms with Crippen LogP contribution in [0.1, 0.15) is 41.5 Å². The molecule has 1 aromatic rings. The molecule has 0 aliphatic rings. The molecular formula is C17H24BrFN2O5. The minimum Gasteiger partial charge on any atom is -0.494 e. The van der Waals surface area contributed by atoms with Crippen LogP contribution < -0.4 is 15.2 Å². The maximum Gasteiger partial charge on any atom is 0.434 e. The molecule has 1 aromatic carbocycles. The molecule has 1 rings (SSSR count). The van der Waals surface area contributed by atoms with Gasteiger partial charge in [0, 0.05) is 0 Å². The number of nitrogens with one attached hydrogen (secondary N) is 1. The van der Waals surface area contributed by atoms with Crippen molar-refractivity contribution in [2.24, 2.45) is 0 Å². The average Bonchev–Trinajstić information content (AvgIpc) is 2.44. The fourth-order valence-corrected chi connectivity index (χ4v) is 2.11. The summed E-state index contributed by atoms with van der Waals surface area (Å²) in [5.41, 5.74) is 0.204. The molecule has 0 saturated carbocycles. The Kier molecular flexibility index (Phi) is 6.87. The van der Waals surface area contributed by atoms with Gasteiger partial charge in [0.25, 0.3) is 0 Å². The summed E-state index contributed by atoms with van der Waals surface area (Å²) in [4.78, 5) is 24.7. The van der Waals surface area contributed by atoms with E-state index in [-0.39, 0.29) is 15.9 Å². The standard InChI is InChI=1S/C17H24BrFN2O5/c1-16(2,3)25-14(22)20-21(15(23)26-17(4,5)6)13-11(24-7)9-8-10(18)12(13)19/h8-9H,1-7H3,(H,20,22). The number of hydrogen-bond donors (Lipinski definition) is 1. The summed E-state index contributed by atoms with van der Waals surface area (Å²) < 4.78 is 30.3. The monoisotopic (exact) mass is 434 g/mol. The SMILES string of the molecule is COc1ccc(Br)c(F)c1N(NC(=O)OC(C)(C)C)C(=O)OC(C)(C)C. The number of carbonyl (C=O) groups is 2. The molecule has 0 fully saturated rings. The van der Waals surface area contributed by atoms with Crippen LogP contribution in [0.25, 0.3) is 0 Å². The molecule has 146 valence electrons. The molecule has 0 bridgehead atoms. The number of amides is 2. The summed E-state index contributed by atoms with van der Waals surface area (Å²) >= 11 is 3.05. The summed E-state index contributed by atoms with van der Waals surface area (Å²) in [5.74, 6) is -0.793. The van der Waals surface area contributed by atoms with Crippen LogP contribution in [0.5, 0.6) is 5.75 Å². The van der Waals surface area contributed by atoms with Crippen LogP contribution in [-0.2, 0) is 9.47 Å². The molecular weight excluding hydrogens is 411 g/mol. The number of methoxy groups -OCH3 is 1. The van der Waals surface area contributed by atoms with Crippen molar-refractivity contribution >= 4 is 33.8 Å². The van der Waals surface area contributed by atoms with Crippen LogP contribution in [0.2, 0.25) is 0 Å². The Bertz CT molecular complexity index is 683. The van der Waals surface area contributed by atoms with Crippen LogP contribution in [0, 0.1) is 5.82 Å². The first kappa shape index (κ1) is 22.0. The van der Waals surface area contributed by atoms with Crippen LogP contribution in [0.3, 0.4) is 0 Å². The third-order valence-electron chi connectivity index (χ3n) is 2.65. The Labute approximate surface area is 160 Å². The Morgan fingerprint density at radius 2 is 1.62 bits per heavy atom. The van der Waals surface area contributed by atoms with Crippen molar-refractivity contribution in [1.29, 1.82) is 0 Å². The number of hydrazine groups is 1. The zero-order valence-electron chi connectivity index (χ0n) is 15.9. The minimum atomic E-state index is -1.00. The second-order valence-electron chi connectivity index (χ2n) is 7.34. The first-order valence-corrected chi connectivity index (χ1v) is 8.59. The molecule has 9 heteroatoms. The van der Waals surface area contributed by atoms with Gasteiger partial charge in [0.05, 0.1) is 11.6 Å². The van der Waals surface area contributed by atoms with E-state index < -0.39 is 29.2 Å². The lowest BCUT2D eigenvalue weighted by atomic mass is 10.2. The van der Waals surface area contributed by atoms with Gasteiger partial charge in [-0.15, -0.1) is 0 Å². The quantitative estimate of drug-likeness (QED) is 0.677. The lowest BCUT2D eigenvalue weighted by molar-refractivity contribution is 0.0423. The van der Waals surface area contributed by atoms with Crippen LogP contribution in [-0.4, -0.2) is 30.5 Å². The van der Waals surface area contributed by atoms with E-state index in [9.17, 15) is 14.0 Å². The number of rotatable bonds is 2. The maximum atomic E-state index is 14.7. The first-order chi connectivity index (χ1) is 11.7. The third-order valence-corrected chi connectivity index (χ3v) is 3.27. The normalized spacial score (nSPS) is 11.6. The molecule has 0 unspecified atom stereocenters. The Morgan fingerprint density at radius 3 is 2.08 bits per heavy atom. The second kappa shape index (κ2) is 8.11. The van der Waals surface area contributed by atoms with Gasteiger partial charge in [-0.25, -0.2) is 19.4 Å². The van der Waals surface area contributed by atoms with Gasteiger partial charge in [-0.2, -0.15) is 5.01 Å². The molecule has 0 aromatic heterocycles. The van der Waals surface area contributed by atoms with Crippen molar-refractivity contribution in [3.05, 3.63) is 22.4 Å².